The molecule has 1 aromatic heterocycles. The van der Waals surface area contributed by atoms with E-state index in [1.54, 1.807) is 6.07 Å². The molecule has 5 heteroatoms. The minimum Gasteiger partial charge on any atom is -0.476 e. The molecule has 1 aromatic rings. The van der Waals surface area contributed by atoms with Crippen LogP contribution in [0, 0.1) is 0 Å². The summed E-state index contributed by atoms with van der Waals surface area (Å²) in [5, 5.41) is 16.1. The average molecular weight is 201 g/mol. The van der Waals surface area contributed by atoms with Crippen LogP contribution < -0.4 is 0 Å². The number of nitrogens with zero attached hydrogens (tertiary/aromatic N) is 2. The van der Waals surface area contributed by atoms with Crippen LogP contribution >= 0.6 is 12.4 Å². The van der Waals surface area contributed by atoms with E-state index in [1.165, 1.54) is 0 Å². The Morgan fingerprint density at radius 2 is 2.15 bits per heavy atom. The maximum atomic E-state index is 10.5. The van der Waals surface area contributed by atoms with E-state index in [1.807, 2.05) is 0 Å². The minimum absolute atomic E-state index is 0. The van der Waals surface area contributed by atoms with E-state index in [9.17, 15) is 4.79 Å². The molecule has 0 aliphatic heterocycles. The van der Waals surface area contributed by atoms with Crippen LogP contribution in [0.1, 0.15) is 28.2 Å². The molecule has 13 heavy (non-hydrogen) atoms. The van der Waals surface area contributed by atoms with Gasteiger partial charge in [0.2, 0.25) is 0 Å². The van der Waals surface area contributed by atoms with Gasteiger partial charge >= 0.3 is 5.97 Å². The third-order valence-corrected chi connectivity index (χ3v) is 2.04. The molecule has 2 rings (SSSR count). The van der Waals surface area contributed by atoms with Crippen molar-refractivity contribution in [3.8, 4) is 0 Å². The molecule has 0 unspecified atom stereocenters. The smallest absolute Gasteiger partial charge is 0.356 e. The molecule has 70 valence electrons. The molecule has 1 heterocycles. The summed E-state index contributed by atoms with van der Waals surface area (Å²) in [5.41, 5.74) is 2.05. The van der Waals surface area contributed by atoms with Gasteiger partial charge in [0, 0.05) is 0 Å². The lowest BCUT2D eigenvalue weighted by atomic mass is 10.2. The molecule has 0 saturated heterocycles. The van der Waals surface area contributed by atoms with Crippen LogP contribution in [0.2, 0.25) is 0 Å². The molecule has 0 aromatic carbocycles. The Kier molecular flexibility index (Phi) is 2.83. The number of aromatic nitrogens is 2. The van der Waals surface area contributed by atoms with Gasteiger partial charge in [0.15, 0.2) is 5.69 Å². The summed E-state index contributed by atoms with van der Waals surface area (Å²) in [6.07, 6.45) is 2.93. The number of hydrogen-bond donors (Lipinski definition) is 1. The first-order valence-corrected chi connectivity index (χ1v) is 3.86. The second-order valence-electron chi connectivity index (χ2n) is 2.86. The van der Waals surface area contributed by atoms with Gasteiger partial charge in [-0.25, -0.2) is 4.79 Å². The van der Waals surface area contributed by atoms with Crippen molar-refractivity contribution in [2.45, 2.75) is 19.3 Å². The normalized spacial score (nSPS) is 13.2. The predicted octanol–water partition coefficient (Wildman–Crippen LogP) is 1.09. The molecule has 0 bridgehead atoms. The molecule has 1 aliphatic rings. The van der Waals surface area contributed by atoms with Crippen LogP contribution in [0.3, 0.4) is 0 Å². The first-order chi connectivity index (χ1) is 5.77. The Labute approximate surface area is 81.4 Å². The Bertz CT molecular complexity index is 341. The first kappa shape index (κ1) is 9.92. The summed E-state index contributed by atoms with van der Waals surface area (Å²) in [6, 6.07) is 1.62. The molecule has 1 aliphatic carbocycles. The first-order valence-electron chi connectivity index (χ1n) is 3.86. The SMILES string of the molecule is Cl.O=C(O)c1cc2c(nn1)CCC2. The van der Waals surface area contributed by atoms with Crippen LogP contribution in [0.5, 0.6) is 0 Å². The highest BCUT2D eigenvalue weighted by Gasteiger charge is 2.15. The number of fused-ring (bicyclic) bond motifs is 1. The van der Waals surface area contributed by atoms with Crippen molar-refractivity contribution in [3.05, 3.63) is 23.0 Å². The van der Waals surface area contributed by atoms with Gasteiger partial charge in [-0.15, -0.1) is 17.5 Å². The summed E-state index contributed by atoms with van der Waals surface area (Å²) in [7, 11) is 0. The van der Waals surface area contributed by atoms with Gasteiger partial charge < -0.3 is 5.11 Å². The van der Waals surface area contributed by atoms with E-state index < -0.39 is 5.97 Å². The van der Waals surface area contributed by atoms with Crippen molar-refractivity contribution in [1.29, 1.82) is 0 Å². The fourth-order valence-corrected chi connectivity index (χ4v) is 1.43. The number of halogens is 1. The lowest BCUT2D eigenvalue weighted by molar-refractivity contribution is 0.0689. The highest BCUT2D eigenvalue weighted by molar-refractivity contribution is 5.85. The standard InChI is InChI=1S/C8H8N2O2.ClH/c11-8(12)7-4-5-2-1-3-6(5)9-10-7;/h4H,1-3H2,(H,11,12);1H. The number of hydrogen-bond acceptors (Lipinski definition) is 3. The summed E-state index contributed by atoms with van der Waals surface area (Å²) in [6.45, 7) is 0. The van der Waals surface area contributed by atoms with Crippen molar-refractivity contribution in [3.63, 3.8) is 0 Å². The third kappa shape index (κ3) is 1.78. The van der Waals surface area contributed by atoms with Crippen molar-refractivity contribution in [2.75, 3.05) is 0 Å². The second kappa shape index (κ2) is 3.70. The number of carboxylic acids is 1. The predicted molar refractivity (Wildman–Crippen MR) is 48.3 cm³/mol. The van der Waals surface area contributed by atoms with E-state index >= 15 is 0 Å². The van der Waals surface area contributed by atoms with Gasteiger partial charge in [0.25, 0.3) is 0 Å². The van der Waals surface area contributed by atoms with Crippen molar-refractivity contribution in [2.24, 2.45) is 0 Å². The molecule has 0 atom stereocenters. The number of aromatic carboxylic acids is 1. The van der Waals surface area contributed by atoms with Crippen molar-refractivity contribution >= 4 is 18.4 Å². The quantitative estimate of drug-likeness (QED) is 0.737. The maximum Gasteiger partial charge on any atom is 0.356 e. The van der Waals surface area contributed by atoms with Gasteiger partial charge in [-0.3, -0.25) is 0 Å². The van der Waals surface area contributed by atoms with Gasteiger partial charge in [-0.1, -0.05) is 0 Å². The molecule has 1 N–H and O–H groups in total. The van der Waals surface area contributed by atoms with Crippen LogP contribution in [0.4, 0.5) is 0 Å². The molecular weight excluding hydrogens is 192 g/mol. The van der Waals surface area contributed by atoms with E-state index in [0.717, 1.165) is 30.5 Å². The zero-order valence-corrected chi connectivity index (χ0v) is 7.67. The second-order valence-corrected chi connectivity index (χ2v) is 2.86. The van der Waals surface area contributed by atoms with Crippen LogP contribution in [-0.4, -0.2) is 21.3 Å². The monoisotopic (exact) mass is 200 g/mol. The Morgan fingerprint density at radius 1 is 1.38 bits per heavy atom. The zero-order valence-electron chi connectivity index (χ0n) is 6.86. The van der Waals surface area contributed by atoms with E-state index in [4.69, 9.17) is 5.11 Å². The minimum atomic E-state index is -1.00. The highest BCUT2D eigenvalue weighted by atomic mass is 35.5. The number of aryl methyl sites for hydroxylation is 2. The lowest BCUT2D eigenvalue weighted by Crippen LogP contribution is -2.04. The van der Waals surface area contributed by atoms with Crippen LogP contribution in [0.25, 0.3) is 0 Å². The van der Waals surface area contributed by atoms with Crippen molar-refractivity contribution in [1.82, 2.24) is 10.2 Å². The molecule has 0 fully saturated rings. The maximum absolute atomic E-state index is 10.5. The number of rotatable bonds is 1. The Hall–Kier alpha value is -1.16. The summed E-state index contributed by atoms with van der Waals surface area (Å²) < 4.78 is 0. The Balaban J connectivity index is 0.000000845. The van der Waals surface area contributed by atoms with E-state index in [-0.39, 0.29) is 18.1 Å². The van der Waals surface area contributed by atoms with E-state index in [0.29, 0.717) is 0 Å². The zero-order chi connectivity index (χ0) is 8.55. The number of carbonyl (C=O) groups is 1. The average Bonchev–Trinajstić information content (AvgIpc) is 2.49. The largest absolute Gasteiger partial charge is 0.476 e. The topological polar surface area (TPSA) is 63.1 Å². The molecule has 0 amide bonds. The van der Waals surface area contributed by atoms with Gasteiger partial charge in [-0.2, -0.15) is 5.10 Å². The lowest BCUT2D eigenvalue weighted by Gasteiger charge is -1.96. The molecule has 4 nitrogen and oxygen atoms in total. The van der Waals surface area contributed by atoms with Gasteiger partial charge in [0.05, 0.1) is 5.69 Å². The van der Waals surface area contributed by atoms with Gasteiger partial charge in [-0.05, 0) is 30.9 Å². The van der Waals surface area contributed by atoms with Crippen LogP contribution in [0.15, 0.2) is 6.07 Å². The Morgan fingerprint density at radius 3 is 2.85 bits per heavy atom. The van der Waals surface area contributed by atoms with Gasteiger partial charge in [0.1, 0.15) is 0 Å². The number of carboxylic acid groups (broad SMARTS) is 1. The molecule has 0 spiro atoms. The third-order valence-electron chi connectivity index (χ3n) is 2.04. The van der Waals surface area contributed by atoms with Crippen molar-refractivity contribution < 1.29 is 9.90 Å². The summed E-state index contributed by atoms with van der Waals surface area (Å²) in [4.78, 5) is 10.5. The molecular formula is C8H9ClN2O2. The molecule has 0 radical (unpaired) electrons. The summed E-state index contributed by atoms with van der Waals surface area (Å²) >= 11 is 0. The fraction of sp³-hybridized carbons (Fsp3) is 0.375. The fourth-order valence-electron chi connectivity index (χ4n) is 1.43. The van der Waals surface area contributed by atoms with E-state index in [2.05, 4.69) is 10.2 Å². The highest BCUT2D eigenvalue weighted by Crippen LogP contribution is 2.18. The van der Waals surface area contributed by atoms with Crippen LogP contribution in [-0.2, 0) is 12.8 Å². The molecule has 0 saturated carbocycles. The summed E-state index contributed by atoms with van der Waals surface area (Å²) in [5.74, 6) is -1.00.